The number of nitrogens with one attached hydrogen (secondary N) is 1. The van der Waals surface area contributed by atoms with E-state index in [2.05, 4.69) is 4.98 Å². The van der Waals surface area contributed by atoms with E-state index < -0.39 is 5.97 Å². The number of rotatable bonds is 3. The van der Waals surface area contributed by atoms with Crippen LogP contribution in [-0.4, -0.2) is 20.6 Å². The van der Waals surface area contributed by atoms with Crippen molar-refractivity contribution in [3.8, 4) is 0 Å². The number of hydrogen-bond donors (Lipinski definition) is 2. The fourth-order valence-electron chi connectivity index (χ4n) is 1.74. The van der Waals surface area contributed by atoms with Gasteiger partial charge in [0.2, 0.25) is 0 Å². The van der Waals surface area contributed by atoms with E-state index in [1.165, 1.54) is 12.1 Å². The highest BCUT2D eigenvalue weighted by Crippen LogP contribution is 2.13. The Labute approximate surface area is 91.3 Å². The average molecular weight is 220 g/mol. The van der Waals surface area contributed by atoms with Gasteiger partial charge in [0.15, 0.2) is 0 Å². The molecule has 0 amide bonds. The van der Waals surface area contributed by atoms with Crippen LogP contribution in [0.5, 0.6) is 0 Å². The molecule has 0 radical (unpaired) electrons. The minimum absolute atomic E-state index is 0.178. The lowest BCUT2D eigenvalue weighted by atomic mass is 10.2. The van der Waals surface area contributed by atoms with Crippen LogP contribution in [0.1, 0.15) is 23.7 Å². The van der Waals surface area contributed by atoms with Crippen molar-refractivity contribution in [1.29, 1.82) is 0 Å². The first-order chi connectivity index (χ1) is 7.63. The Morgan fingerprint density at radius 1 is 1.50 bits per heavy atom. The summed E-state index contributed by atoms with van der Waals surface area (Å²) in [6.07, 6.45) is 0.855. The smallest absolute Gasteiger partial charge is 0.335 e. The van der Waals surface area contributed by atoms with Crippen LogP contribution in [0.2, 0.25) is 0 Å². The molecule has 0 saturated carbocycles. The van der Waals surface area contributed by atoms with E-state index in [0.29, 0.717) is 12.1 Å². The number of fused-ring (bicyclic) bond motifs is 1. The number of aromatic amines is 1. The molecule has 0 aliphatic heterocycles. The van der Waals surface area contributed by atoms with Gasteiger partial charge in [0, 0.05) is 6.54 Å². The van der Waals surface area contributed by atoms with Crippen molar-refractivity contribution in [3.63, 3.8) is 0 Å². The highest BCUT2D eigenvalue weighted by atomic mass is 16.4. The van der Waals surface area contributed by atoms with Gasteiger partial charge in [0.05, 0.1) is 16.6 Å². The Balaban J connectivity index is 2.65. The van der Waals surface area contributed by atoms with E-state index in [-0.39, 0.29) is 11.3 Å². The second kappa shape index (κ2) is 3.84. The van der Waals surface area contributed by atoms with Crippen molar-refractivity contribution in [1.82, 2.24) is 9.55 Å². The predicted octanol–water partition coefficient (Wildman–Crippen LogP) is 1.44. The van der Waals surface area contributed by atoms with Gasteiger partial charge in [-0.1, -0.05) is 6.92 Å². The van der Waals surface area contributed by atoms with Gasteiger partial charge in [0.1, 0.15) is 0 Å². The topological polar surface area (TPSA) is 75.1 Å². The van der Waals surface area contributed by atoms with Crippen molar-refractivity contribution in [2.75, 3.05) is 0 Å². The minimum Gasteiger partial charge on any atom is -0.478 e. The summed E-state index contributed by atoms with van der Waals surface area (Å²) in [5.41, 5.74) is 1.30. The first kappa shape index (κ1) is 10.5. The number of nitrogens with zero attached hydrogens (tertiary/aromatic N) is 1. The molecule has 0 spiro atoms. The van der Waals surface area contributed by atoms with Crippen LogP contribution >= 0.6 is 0 Å². The van der Waals surface area contributed by atoms with Crippen LogP contribution in [0.15, 0.2) is 23.0 Å². The van der Waals surface area contributed by atoms with Gasteiger partial charge in [0.25, 0.3) is 0 Å². The summed E-state index contributed by atoms with van der Waals surface area (Å²) in [4.78, 5) is 25.0. The quantitative estimate of drug-likeness (QED) is 0.821. The van der Waals surface area contributed by atoms with Crippen LogP contribution < -0.4 is 5.69 Å². The largest absolute Gasteiger partial charge is 0.478 e. The Bertz CT molecular complexity index is 595. The highest BCUT2D eigenvalue weighted by molar-refractivity contribution is 5.92. The van der Waals surface area contributed by atoms with Gasteiger partial charge < -0.3 is 10.1 Å². The molecule has 1 heterocycles. The SMILES string of the molecule is CCCn1c(=O)[nH]c2cc(C(=O)O)ccc21. The molecule has 0 atom stereocenters. The average Bonchev–Trinajstić information content (AvgIpc) is 2.55. The number of aryl methyl sites for hydroxylation is 1. The van der Waals surface area contributed by atoms with E-state index in [0.717, 1.165) is 11.9 Å². The maximum absolute atomic E-state index is 11.6. The molecule has 1 aromatic heterocycles. The van der Waals surface area contributed by atoms with Crippen molar-refractivity contribution in [3.05, 3.63) is 34.2 Å². The molecule has 5 heteroatoms. The first-order valence-electron chi connectivity index (χ1n) is 5.09. The summed E-state index contributed by atoms with van der Waals surface area (Å²) >= 11 is 0. The van der Waals surface area contributed by atoms with E-state index >= 15 is 0 Å². The summed E-state index contributed by atoms with van der Waals surface area (Å²) in [5.74, 6) is -0.994. The lowest BCUT2D eigenvalue weighted by Crippen LogP contribution is -2.16. The van der Waals surface area contributed by atoms with Gasteiger partial charge in [-0.2, -0.15) is 0 Å². The molecule has 0 aliphatic rings. The van der Waals surface area contributed by atoms with Crippen LogP contribution in [0.25, 0.3) is 11.0 Å². The van der Waals surface area contributed by atoms with Gasteiger partial charge in [-0.05, 0) is 24.6 Å². The molecule has 1 aromatic carbocycles. The molecule has 5 nitrogen and oxygen atoms in total. The monoisotopic (exact) mass is 220 g/mol. The molecule has 0 saturated heterocycles. The van der Waals surface area contributed by atoms with Crippen LogP contribution in [-0.2, 0) is 6.54 Å². The molecular formula is C11H12N2O3. The lowest BCUT2D eigenvalue weighted by Gasteiger charge is -2.00. The molecule has 0 unspecified atom stereocenters. The maximum atomic E-state index is 11.6. The number of hydrogen-bond acceptors (Lipinski definition) is 2. The van der Waals surface area contributed by atoms with Gasteiger partial charge in [-0.15, -0.1) is 0 Å². The molecule has 0 fully saturated rings. The maximum Gasteiger partial charge on any atom is 0.335 e. The third-order valence-corrected chi connectivity index (χ3v) is 2.47. The van der Waals surface area contributed by atoms with E-state index in [1.54, 1.807) is 10.6 Å². The van der Waals surface area contributed by atoms with Crippen LogP contribution in [0.4, 0.5) is 0 Å². The van der Waals surface area contributed by atoms with E-state index in [9.17, 15) is 9.59 Å². The normalized spacial score (nSPS) is 10.8. The summed E-state index contributed by atoms with van der Waals surface area (Å²) in [6.45, 7) is 2.61. The number of carboxylic acid groups (broad SMARTS) is 1. The molecule has 2 N–H and O–H groups in total. The van der Waals surface area contributed by atoms with Gasteiger partial charge >= 0.3 is 11.7 Å². The third-order valence-electron chi connectivity index (χ3n) is 2.47. The number of carboxylic acids is 1. The fraction of sp³-hybridized carbons (Fsp3) is 0.273. The molecule has 0 aliphatic carbocycles. The number of aromatic nitrogens is 2. The molecule has 0 bridgehead atoms. The second-order valence-corrected chi connectivity index (χ2v) is 3.62. The molecule has 2 rings (SSSR count). The molecular weight excluding hydrogens is 208 g/mol. The molecule has 16 heavy (non-hydrogen) atoms. The van der Waals surface area contributed by atoms with Gasteiger partial charge in [-0.25, -0.2) is 9.59 Å². The zero-order valence-electron chi connectivity index (χ0n) is 8.86. The standard InChI is InChI=1S/C11H12N2O3/c1-2-5-13-9-4-3-7(10(14)15)6-8(9)12-11(13)16/h3-4,6H,2,5H2,1H3,(H,12,16)(H,14,15). The number of imidazole rings is 1. The summed E-state index contributed by atoms with van der Waals surface area (Å²) in [6, 6.07) is 4.64. The van der Waals surface area contributed by atoms with Crippen molar-refractivity contribution >= 4 is 17.0 Å². The predicted molar refractivity (Wildman–Crippen MR) is 59.8 cm³/mol. The Kier molecular flexibility index (Phi) is 2.52. The number of H-pyrrole nitrogens is 1. The lowest BCUT2D eigenvalue weighted by molar-refractivity contribution is 0.0697. The van der Waals surface area contributed by atoms with Crippen molar-refractivity contribution in [2.24, 2.45) is 0 Å². The zero-order chi connectivity index (χ0) is 11.7. The Morgan fingerprint density at radius 3 is 2.88 bits per heavy atom. The number of carbonyl (C=O) groups is 1. The first-order valence-corrected chi connectivity index (χ1v) is 5.09. The minimum atomic E-state index is -0.994. The highest BCUT2D eigenvalue weighted by Gasteiger charge is 2.09. The van der Waals surface area contributed by atoms with Crippen molar-refractivity contribution in [2.45, 2.75) is 19.9 Å². The zero-order valence-corrected chi connectivity index (χ0v) is 8.86. The number of aromatic carboxylic acids is 1. The van der Waals surface area contributed by atoms with Crippen LogP contribution in [0.3, 0.4) is 0 Å². The summed E-state index contributed by atoms with van der Waals surface area (Å²) in [7, 11) is 0. The third kappa shape index (κ3) is 1.60. The molecule has 2 aromatic rings. The van der Waals surface area contributed by atoms with E-state index in [4.69, 9.17) is 5.11 Å². The number of benzene rings is 1. The van der Waals surface area contributed by atoms with E-state index in [1.807, 2.05) is 6.92 Å². The van der Waals surface area contributed by atoms with Crippen LogP contribution in [0, 0.1) is 0 Å². The van der Waals surface area contributed by atoms with Gasteiger partial charge in [-0.3, -0.25) is 4.57 Å². The summed E-state index contributed by atoms with van der Waals surface area (Å²) < 4.78 is 1.61. The Hall–Kier alpha value is -2.04. The Morgan fingerprint density at radius 2 is 2.25 bits per heavy atom. The van der Waals surface area contributed by atoms with Crippen molar-refractivity contribution < 1.29 is 9.90 Å². The fourth-order valence-corrected chi connectivity index (χ4v) is 1.74. The second-order valence-electron chi connectivity index (χ2n) is 3.62. The molecule has 84 valence electrons. The summed E-state index contributed by atoms with van der Waals surface area (Å²) in [5, 5.41) is 8.82.